The van der Waals surface area contributed by atoms with Gasteiger partial charge in [0.1, 0.15) is 17.5 Å². The van der Waals surface area contributed by atoms with Crippen molar-refractivity contribution in [2.75, 3.05) is 30.9 Å². The number of benzene rings is 1. The molecule has 1 aromatic carbocycles. The van der Waals surface area contributed by atoms with Crippen LogP contribution in [0.3, 0.4) is 0 Å². The van der Waals surface area contributed by atoms with Crippen molar-refractivity contribution in [2.45, 2.75) is 25.9 Å². The van der Waals surface area contributed by atoms with Gasteiger partial charge in [0, 0.05) is 24.9 Å². The molecule has 0 amide bonds. The first kappa shape index (κ1) is 17.2. The third-order valence-corrected chi connectivity index (χ3v) is 3.93. The monoisotopic (exact) mass is 342 g/mol. The van der Waals surface area contributed by atoms with Gasteiger partial charge in [-0.15, -0.1) is 0 Å². The molecule has 1 aliphatic heterocycles. The van der Waals surface area contributed by atoms with Crippen molar-refractivity contribution in [2.24, 2.45) is 0 Å². The highest BCUT2D eigenvalue weighted by Crippen LogP contribution is 2.20. The third kappa shape index (κ3) is 4.67. The summed E-state index contributed by atoms with van der Waals surface area (Å²) in [6.45, 7) is 3.40. The second-order valence-corrected chi connectivity index (χ2v) is 5.90. The molecule has 0 spiro atoms. The number of hydrogen-bond acceptors (Lipinski definition) is 7. The Balaban J connectivity index is 1.70. The first-order valence-corrected chi connectivity index (χ1v) is 8.30. The van der Waals surface area contributed by atoms with E-state index in [9.17, 15) is 4.79 Å². The van der Waals surface area contributed by atoms with Crippen LogP contribution in [0.5, 0.6) is 0 Å². The predicted octanol–water partition coefficient (Wildman–Crippen LogP) is 2.91. The summed E-state index contributed by atoms with van der Waals surface area (Å²) >= 11 is 0. The number of hydrogen-bond donors (Lipinski definition) is 2. The highest BCUT2D eigenvalue weighted by Gasteiger charge is 2.15. The van der Waals surface area contributed by atoms with Crippen molar-refractivity contribution in [3.63, 3.8) is 0 Å². The maximum Gasteiger partial charge on any atom is 0.337 e. The van der Waals surface area contributed by atoms with E-state index in [2.05, 4.69) is 20.6 Å². The van der Waals surface area contributed by atoms with E-state index in [0.29, 0.717) is 17.2 Å². The van der Waals surface area contributed by atoms with E-state index in [1.807, 2.05) is 19.1 Å². The lowest BCUT2D eigenvalue weighted by molar-refractivity contribution is 0.0601. The van der Waals surface area contributed by atoms with E-state index in [4.69, 9.17) is 9.47 Å². The number of nitrogens with one attached hydrogen (secondary N) is 2. The Morgan fingerprint density at radius 2 is 2.16 bits per heavy atom. The van der Waals surface area contributed by atoms with Crippen LogP contribution < -0.4 is 10.6 Å². The van der Waals surface area contributed by atoms with Crippen LogP contribution in [0, 0.1) is 6.92 Å². The standard InChI is InChI=1S/C18H22N4O3/c1-12-20-16(19-11-15-7-4-8-25-15)10-17(21-12)22-14-6-3-5-13(9-14)18(23)24-2/h3,5-6,9-10,15H,4,7-8,11H2,1-2H3,(H2,19,20,21,22). The van der Waals surface area contributed by atoms with Crippen molar-refractivity contribution >= 4 is 23.3 Å². The van der Waals surface area contributed by atoms with Crippen LogP contribution in [-0.2, 0) is 9.47 Å². The molecule has 25 heavy (non-hydrogen) atoms. The molecule has 1 saturated heterocycles. The minimum Gasteiger partial charge on any atom is -0.465 e. The minimum absolute atomic E-state index is 0.239. The summed E-state index contributed by atoms with van der Waals surface area (Å²) in [5.74, 6) is 1.68. The van der Waals surface area contributed by atoms with Gasteiger partial charge in [-0.3, -0.25) is 0 Å². The molecule has 7 heteroatoms. The Kier molecular flexibility index (Phi) is 5.45. The second-order valence-electron chi connectivity index (χ2n) is 5.90. The molecule has 0 aliphatic carbocycles. The number of esters is 1. The van der Waals surface area contributed by atoms with Gasteiger partial charge >= 0.3 is 5.97 Å². The van der Waals surface area contributed by atoms with Crippen LogP contribution in [0.4, 0.5) is 17.3 Å². The maximum atomic E-state index is 11.6. The smallest absolute Gasteiger partial charge is 0.337 e. The highest BCUT2D eigenvalue weighted by molar-refractivity contribution is 5.90. The van der Waals surface area contributed by atoms with Crippen molar-refractivity contribution in [1.29, 1.82) is 0 Å². The first-order chi connectivity index (χ1) is 12.1. The summed E-state index contributed by atoms with van der Waals surface area (Å²) in [7, 11) is 1.36. The van der Waals surface area contributed by atoms with Gasteiger partial charge in [0.25, 0.3) is 0 Å². The Morgan fingerprint density at radius 1 is 1.32 bits per heavy atom. The molecule has 1 aliphatic rings. The molecule has 7 nitrogen and oxygen atoms in total. The molecule has 3 rings (SSSR count). The van der Waals surface area contributed by atoms with Crippen molar-refractivity contribution in [3.05, 3.63) is 41.7 Å². The molecule has 1 aromatic heterocycles. The van der Waals surface area contributed by atoms with Crippen molar-refractivity contribution in [3.8, 4) is 0 Å². The first-order valence-electron chi connectivity index (χ1n) is 8.30. The maximum absolute atomic E-state index is 11.6. The van der Waals surface area contributed by atoms with Crippen molar-refractivity contribution < 1.29 is 14.3 Å². The van der Waals surface area contributed by atoms with Gasteiger partial charge in [0.15, 0.2) is 0 Å². The Hall–Kier alpha value is -2.67. The van der Waals surface area contributed by atoms with Gasteiger partial charge in [0.2, 0.25) is 0 Å². The molecule has 2 N–H and O–H groups in total. The van der Waals surface area contributed by atoms with Gasteiger partial charge in [-0.05, 0) is 38.0 Å². The molecule has 2 aromatic rings. The predicted molar refractivity (Wildman–Crippen MR) is 95.3 cm³/mol. The summed E-state index contributed by atoms with van der Waals surface area (Å²) in [5, 5.41) is 6.50. The number of aromatic nitrogens is 2. The topological polar surface area (TPSA) is 85.4 Å². The SMILES string of the molecule is COC(=O)c1cccc(Nc2cc(NCC3CCCO3)nc(C)n2)c1. The second kappa shape index (κ2) is 7.94. The molecule has 0 bridgehead atoms. The van der Waals surface area contributed by atoms with Crippen LogP contribution in [0.25, 0.3) is 0 Å². The van der Waals surface area contributed by atoms with E-state index >= 15 is 0 Å². The quantitative estimate of drug-likeness (QED) is 0.781. The van der Waals surface area contributed by atoms with Crippen LogP contribution in [-0.4, -0.2) is 42.3 Å². The average molecular weight is 342 g/mol. The molecular formula is C18H22N4O3. The number of carbonyl (C=O) groups excluding carboxylic acids is 1. The van der Waals surface area contributed by atoms with Gasteiger partial charge < -0.3 is 20.1 Å². The van der Waals surface area contributed by atoms with Crippen LogP contribution in [0.2, 0.25) is 0 Å². The largest absolute Gasteiger partial charge is 0.465 e. The molecule has 0 saturated carbocycles. The number of nitrogens with zero attached hydrogens (tertiary/aromatic N) is 2. The number of ether oxygens (including phenoxy) is 2. The summed E-state index contributed by atoms with van der Waals surface area (Å²) < 4.78 is 10.4. The summed E-state index contributed by atoms with van der Waals surface area (Å²) in [6, 6.07) is 8.93. The number of methoxy groups -OCH3 is 1. The fourth-order valence-electron chi connectivity index (χ4n) is 2.74. The van der Waals surface area contributed by atoms with E-state index in [1.165, 1.54) is 7.11 Å². The van der Waals surface area contributed by atoms with E-state index in [-0.39, 0.29) is 12.1 Å². The summed E-state index contributed by atoms with van der Waals surface area (Å²) in [4.78, 5) is 20.4. The Labute approximate surface area is 146 Å². The lowest BCUT2D eigenvalue weighted by Gasteiger charge is -2.13. The Bertz CT molecular complexity index is 745. The number of aryl methyl sites for hydroxylation is 1. The van der Waals surface area contributed by atoms with E-state index < -0.39 is 0 Å². The average Bonchev–Trinajstić information content (AvgIpc) is 3.12. The fraction of sp³-hybridized carbons (Fsp3) is 0.389. The normalized spacial score (nSPS) is 16.5. The minimum atomic E-state index is -0.374. The lowest BCUT2D eigenvalue weighted by Crippen LogP contribution is -2.19. The van der Waals surface area contributed by atoms with Crippen LogP contribution >= 0.6 is 0 Å². The molecule has 1 fully saturated rings. The van der Waals surface area contributed by atoms with Gasteiger partial charge in [-0.1, -0.05) is 6.07 Å². The third-order valence-electron chi connectivity index (χ3n) is 3.93. The van der Waals surface area contributed by atoms with Gasteiger partial charge in [0.05, 0.1) is 18.8 Å². The molecule has 2 heterocycles. The molecule has 0 radical (unpaired) electrons. The lowest BCUT2D eigenvalue weighted by atomic mass is 10.2. The molecule has 1 atom stereocenters. The van der Waals surface area contributed by atoms with Crippen molar-refractivity contribution in [1.82, 2.24) is 9.97 Å². The van der Waals surface area contributed by atoms with Crippen LogP contribution in [0.15, 0.2) is 30.3 Å². The summed E-state index contributed by atoms with van der Waals surface area (Å²) in [6.07, 6.45) is 2.42. The zero-order valence-corrected chi connectivity index (χ0v) is 14.4. The zero-order chi connectivity index (χ0) is 17.6. The van der Waals surface area contributed by atoms with Crippen LogP contribution in [0.1, 0.15) is 29.0 Å². The van der Waals surface area contributed by atoms with E-state index in [1.54, 1.807) is 18.2 Å². The number of rotatable bonds is 6. The zero-order valence-electron chi connectivity index (χ0n) is 14.4. The van der Waals surface area contributed by atoms with E-state index in [0.717, 1.165) is 37.5 Å². The molecular weight excluding hydrogens is 320 g/mol. The Morgan fingerprint density at radius 3 is 2.92 bits per heavy atom. The fourth-order valence-corrected chi connectivity index (χ4v) is 2.74. The number of carbonyl (C=O) groups is 1. The highest BCUT2D eigenvalue weighted by atomic mass is 16.5. The molecule has 132 valence electrons. The molecule has 1 unspecified atom stereocenters. The van der Waals surface area contributed by atoms with Gasteiger partial charge in [-0.2, -0.15) is 0 Å². The number of anilines is 3. The summed E-state index contributed by atoms with van der Waals surface area (Å²) in [5.41, 5.74) is 1.24. The van der Waals surface area contributed by atoms with Gasteiger partial charge in [-0.25, -0.2) is 14.8 Å².